The Morgan fingerprint density at radius 1 is 1.14 bits per heavy atom. The van der Waals surface area contributed by atoms with E-state index in [0.717, 1.165) is 34.3 Å². The second-order valence-electron chi connectivity index (χ2n) is 7.04. The summed E-state index contributed by atoms with van der Waals surface area (Å²) < 4.78 is 14.1. The van der Waals surface area contributed by atoms with Gasteiger partial charge in [-0.05, 0) is 63.3 Å². The third kappa shape index (κ3) is 5.89. The van der Waals surface area contributed by atoms with Crippen LogP contribution < -0.4 is 4.90 Å². The summed E-state index contributed by atoms with van der Waals surface area (Å²) in [5, 5.41) is 1.29. The quantitative estimate of drug-likeness (QED) is 0.481. The lowest BCUT2D eigenvalue weighted by atomic mass is 10.1. The van der Waals surface area contributed by atoms with E-state index in [9.17, 15) is 9.18 Å². The zero-order chi connectivity index (χ0) is 20.3. The van der Waals surface area contributed by atoms with Gasteiger partial charge in [0.1, 0.15) is 5.82 Å². The van der Waals surface area contributed by atoms with Crippen molar-refractivity contribution < 1.29 is 9.18 Å². The van der Waals surface area contributed by atoms with Gasteiger partial charge in [-0.25, -0.2) is 9.37 Å². The molecule has 0 bridgehead atoms. The fraction of sp³-hybridized carbons (Fsp3) is 0.333. The number of amides is 1. The third-order valence-corrected chi connectivity index (χ3v) is 6.01. The van der Waals surface area contributed by atoms with Crippen LogP contribution in [-0.2, 0) is 11.2 Å². The first kappa shape index (κ1) is 23.5. The first-order valence-corrected chi connectivity index (χ1v) is 10.3. The Hall–Kier alpha value is -1.73. The number of nitrogens with zero attached hydrogens (tertiary/aromatic N) is 3. The Balaban J connectivity index is 0.00000300. The van der Waals surface area contributed by atoms with E-state index in [2.05, 4.69) is 4.90 Å². The fourth-order valence-electron chi connectivity index (χ4n) is 2.95. The molecule has 0 saturated carbocycles. The summed E-state index contributed by atoms with van der Waals surface area (Å²) in [6, 6.07) is 9.83. The minimum absolute atomic E-state index is 0. The van der Waals surface area contributed by atoms with Gasteiger partial charge in [0.25, 0.3) is 0 Å². The number of carbonyl (C=O) groups excluding carboxylic acids is 1. The lowest BCUT2D eigenvalue weighted by Crippen LogP contribution is -2.34. The molecule has 0 unspecified atom stereocenters. The maximum Gasteiger partial charge on any atom is 0.233 e. The standard InChI is InChI=1S/C21H23ClFN3OS.ClH/c1-14-5-10-17(22)20-19(14)24-21(28-20)26(12-4-11-25(2)3)18(27)13-15-6-8-16(23)9-7-15;/h5-10H,4,11-13H2,1-3H3;1H. The summed E-state index contributed by atoms with van der Waals surface area (Å²) in [5.41, 5.74) is 2.64. The molecule has 0 saturated heterocycles. The minimum Gasteiger partial charge on any atom is -0.309 e. The van der Waals surface area contributed by atoms with Crippen molar-refractivity contribution in [2.24, 2.45) is 0 Å². The molecule has 1 amide bonds. The molecule has 0 aliphatic heterocycles. The number of benzene rings is 2. The highest BCUT2D eigenvalue weighted by Crippen LogP contribution is 2.35. The van der Waals surface area contributed by atoms with E-state index in [-0.39, 0.29) is 30.6 Å². The molecule has 156 valence electrons. The van der Waals surface area contributed by atoms with Crippen molar-refractivity contribution >= 4 is 56.6 Å². The van der Waals surface area contributed by atoms with Gasteiger partial charge in [0.15, 0.2) is 5.13 Å². The molecule has 29 heavy (non-hydrogen) atoms. The molecule has 0 N–H and O–H groups in total. The number of aryl methyl sites for hydroxylation is 1. The van der Waals surface area contributed by atoms with Crippen LogP contribution in [0.4, 0.5) is 9.52 Å². The minimum atomic E-state index is -0.310. The summed E-state index contributed by atoms with van der Waals surface area (Å²) in [7, 11) is 4.01. The number of hydrogen-bond acceptors (Lipinski definition) is 4. The smallest absolute Gasteiger partial charge is 0.233 e. The van der Waals surface area contributed by atoms with Crippen molar-refractivity contribution in [1.82, 2.24) is 9.88 Å². The first-order valence-electron chi connectivity index (χ1n) is 9.10. The molecule has 0 aliphatic carbocycles. The van der Waals surface area contributed by atoms with Gasteiger partial charge in [-0.3, -0.25) is 9.69 Å². The van der Waals surface area contributed by atoms with E-state index in [4.69, 9.17) is 16.6 Å². The predicted octanol–water partition coefficient (Wildman–Crippen LogP) is 5.35. The summed E-state index contributed by atoms with van der Waals surface area (Å²) >= 11 is 7.78. The van der Waals surface area contributed by atoms with Crippen molar-refractivity contribution in [3.63, 3.8) is 0 Å². The van der Waals surface area contributed by atoms with Gasteiger partial charge in [-0.1, -0.05) is 41.1 Å². The number of thiazole rings is 1. The number of fused-ring (bicyclic) bond motifs is 1. The normalized spacial score (nSPS) is 11.0. The first-order chi connectivity index (χ1) is 13.3. The Morgan fingerprint density at radius 3 is 2.45 bits per heavy atom. The van der Waals surface area contributed by atoms with Crippen LogP contribution >= 0.6 is 35.3 Å². The maximum atomic E-state index is 13.2. The van der Waals surface area contributed by atoms with E-state index in [1.165, 1.54) is 23.5 Å². The van der Waals surface area contributed by atoms with E-state index in [1.807, 2.05) is 33.2 Å². The molecule has 8 heteroatoms. The molecule has 4 nitrogen and oxygen atoms in total. The number of carbonyl (C=O) groups is 1. The van der Waals surface area contributed by atoms with E-state index >= 15 is 0 Å². The number of rotatable bonds is 7. The lowest BCUT2D eigenvalue weighted by Gasteiger charge is -2.21. The molecular formula is C21H24Cl2FN3OS. The molecule has 3 rings (SSSR count). The molecular weight excluding hydrogens is 432 g/mol. The summed E-state index contributed by atoms with van der Waals surface area (Å²) in [6.07, 6.45) is 1.02. The van der Waals surface area contributed by atoms with Crippen LogP contribution in [-0.4, -0.2) is 43.0 Å². The average molecular weight is 456 g/mol. The Labute approximate surface area is 185 Å². The Morgan fingerprint density at radius 2 is 1.83 bits per heavy atom. The van der Waals surface area contributed by atoms with Crippen LogP contribution in [0.2, 0.25) is 5.02 Å². The molecule has 1 heterocycles. The van der Waals surface area contributed by atoms with E-state index in [0.29, 0.717) is 16.7 Å². The van der Waals surface area contributed by atoms with Crippen LogP contribution in [0, 0.1) is 12.7 Å². The zero-order valence-electron chi connectivity index (χ0n) is 16.6. The number of anilines is 1. The third-order valence-electron chi connectivity index (χ3n) is 4.47. The van der Waals surface area contributed by atoms with Gasteiger partial charge in [0.05, 0.1) is 21.7 Å². The van der Waals surface area contributed by atoms with Gasteiger partial charge in [0.2, 0.25) is 5.91 Å². The van der Waals surface area contributed by atoms with Crippen LogP contribution in [0.5, 0.6) is 0 Å². The lowest BCUT2D eigenvalue weighted by molar-refractivity contribution is -0.118. The highest BCUT2D eigenvalue weighted by molar-refractivity contribution is 7.23. The highest BCUT2D eigenvalue weighted by Gasteiger charge is 2.21. The molecule has 0 spiro atoms. The van der Waals surface area contributed by atoms with Crippen molar-refractivity contribution in [3.05, 3.63) is 58.4 Å². The highest BCUT2D eigenvalue weighted by atomic mass is 35.5. The number of aromatic nitrogens is 1. The summed E-state index contributed by atoms with van der Waals surface area (Å²) in [5.74, 6) is -0.367. The van der Waals surface area contributed by atoms with Crippen molar-refractivity contribution in [2.45, 2.75) is 19.8 Å². The van der Waals surface area contributed by atoms with E-state index < -0.39 is 0 Å². The maximum absolute atomic E-state index is 13.2. The number of halogens is 3. The molecule has 0 aliphatic rings. The summed E-state index contributed by atoms with van der Waals surface area (Å²) in [6.45, 7) is 3.42. The van der Waals surface area contributed by atoms with Crippen LogP contribution in [0.1, 0.15) is 17.5 Å². The second kappa shape index (κ2) is 10.3. The predicted molar refractivity (Wildman–Crippen MR) is 122 cm³/mol. The molecule has 0 atom stereocenters. The average Bonchev–Trinajstić information content (AvgIpc) is 3.10. The van der Waals surface area contributed by atoms with E-state index in [1.54, 1.807) is 17.0 Å². The molecule has 3 aromatic rings. The van der Waals surface area contributed by atoms with Crippen molar-refractivity contribution in [2.75, 3.05) is 32.1 Å². The largest absolute Gasteiger partial charge is 0.309 e. The summed E-state index contributed by atoms with van der Waals surface area (Å²) in [4.78, 5) is 21.6. The van der Waals surface area contributed by atoms with Gasteiger partial charge < -0.3 is 4.90 Å². The molecule has 1 aromatic heterocycles. The molecule has 2 aromatic carbocycles. The topological polar surface area (TPSA) is 36.4 Å². The van der Waals surface area contributed by atoms with Gasteiger partial charge in [-0.2, -0.15) is 0 Å². The SMILES string of the molecule is Cc1ccc(Cl)c2sc(N(CCCN(C)C)C(=O)Cc3ccc(F)cc3)nc12.Cl. The van der Waals surface area contributed by atoms with Crippen molar-refractivity contribution in [3.8, 4) is 0 Å². The van der Waals surface area contributed by atoms with Gasteiger partial charge >= 0.3 is 0 Å². The van der Waals surface area contributed by atoms with Crippen LogP contribution in [0.15, 0.2) is 36.4 Å². The number of hydrogen-bond donors (Lipinski definition) is 0. The van der Waals surface area contributed by atoms with Gasteiger partial charge in [-0.15, -0.1) is 12.4 Å². The van der Waals surface area contributed by atoms with Crippen molar-refractivity contribution in [1.29, 1.82) is 0 Å². The Kier molecular flexibility index (Phi) is 8.40. The molecule has 0 fully saturated rings. The monoisotopic (exact) mass is 455 g/mol. The Bertz CT molecular complexity index is 937. The van der Waals surface area contributed by atoms with Crippen LogP contribution in [0.3, 0.4) is 0 Å². The van der Waals surface area contributed by atoms with Crippen LogP contribution in [0.25, 0.3) is 10.2 Å². The van der Waals surface area contributed by atoms with Gasteiger partial charge in [0, 0.05) is 6.54 Å². The fourth-order valence-corrected chi connectivity index (χ4v) is 4.31. The second-order valence-corrected chi connectivity index (χ2v) is 8.43. The molecule has 0 radical (unpaired) electrons. The zero-order valence-corrected chi connectivity index (χ0v) is 19.0.